The Labute approximate surface area is 200 Å². The maximum atomic E-state index is 11.0. The third-order valence-corrected chi connectivity index (χ3v) is 7.22. The van der Waals surface area contributed by atoms with Gasteiger partial charge >= 0.3 is 0 Å². The molecule has 0 bridgehead atoms. The Morgan fingerprint density at radius 1 is 1.06 bits per heavy atom. The second kappa shape index (κ2) is 9.24. The molecule has 0 saturated carbocycles. The molecule has 11 heteroatoms. The second-order valence-electron chi connectivity index (χ2n) is 8.59. The van der Waals surface area contributed by atoms with E-state index < -0.39 is 6.23 Å². The Morgan fingerprint density at radius 3 is 2.71 bits per heavy atom. The summed E-state index contributed by atoms with van der Waals surface area (Å²) in [6, 6.07) is 4.63. The van der Waals surface area contributed by atoms with E-state index in [-0.39, 0.29) is 0 Å². The predicted molar refractivity (Wildman–Crippen MR) is 131 cm³/mol. The van der Waals surface area contributed by atoms with Crippen molar-refractivity contribution in [1.29, 1.82) is 0 Å². The number of aromatic amines is 1. The van der Waals surface area contributed by atoms with Crippen LogP contribution in [0.4, 0.5) is 17.4 Å². The van der Waals surface area contributed by atoms with Crippen molar-refractivity contribution in [2.24, 2.45) is 0 Å². The first-order valence-corrected chi connectivity index (χ1v) is 12.5. The highest BCUT2D eigenvalue weighted by atomic mass is 32.1. The topological polar surface area (TPSA) is 116 Å². The van der Waals surface area contributed by atoms with Gasteiger partial charge in [0.1, 0.15) is 16.2 Å². The minimum absolute atomic E-state index is 0.567. The van der Waals surface area contributed by atoms with Gasteiger partial charge in [0.25, 0.3) is 6.01 Å². The van der Waals surface area contributed by atoms with E-state index in [4.69, 9.17) is 14.1 Å². The molecule has 0 amide bonds. The number of ether oxygens (including phenoxy) is 1. The molecule has 34 heavy (non-hydrogen) atoms. The standard InChI is InChI=1S/C23H27N7O3S/c31-21(18-14-34-22(27-18)15-12-24-25-13-15)26-16-11-20-17(10-19(16)29-4-2-1-3-5-29)28-23(33-20)30-6-8-32-9-7-30/h10-14,21,26,31H,1-9H2,(H,24,25). The molecule has 0 spiro atoms. The van der Waals surface area contributed by atoms with Gasteiger partial charge in [-0.3, -0.25) is 5.10 Å². The van der Waals surface area contributed by atoms with Crippen LogP contribution in [0.5, 0.6) is 0 Å². The highest BCUT2D eigenvalue weighted by Crippen LogP contribution is 2.37. The summed E-state index contributed by atoms with van der Waals surface area (Å²) < 4.78 is 11.6. The molecule has 3 aromatic heterocycles. The van der Waals surface area contributed by atoms with Crippen LogP contribution in [-0.4, -0.2) is 64.7 Å². The van der Waals surface area contributed by atoms with Crippen molar-refractivity contribution >= 4 is 39.8 Å². The monoisotopic (exact) mass is 481 g/mol. The minimum Gasteiger partial charge on any atom is -0.423 e. The Kier molecular flexibility index (Phi) is 5.81. The van der Waals surface area contributed by atoms with Crippen molar-refractivity contribution in [2.75, 3.05) is 54.5 Å². The van der Waals surface area contributed by atoms with E-state index in [2.05, 4.69) is 36.4 Å². The van der Waals surface area contributed by atoms with Crippen LogP contribution in [0.2, 0.25) is 0 Å². The average molecular weight is 482 g/mol. The molecule has 5 heterocycles. The Balaban J connectivity index is 1.32. The number of benzene rings is 1. The SMILES string of the molecule is OC(Nc1cc2oc(N3CCOCC3)nc2cc1N1CCCCC1)c1csc(-c2cn[nH]c2)n1. The quantitative estimate of drug-likeness (QED) is 0.355. The van der Waals surface area contributed by atoms with Gasteiger partial charge in [-0.25, -0.2) is 4.98 Å². The molecule has 3 N–H and O–H groups in total. The number of thiazole rings is 1. The Morgan fingerprint density at radius 2 is 1.91 bits per heavy atom. The van der Waals surface area contributed by atoms with Crippen molar-refractivity contribution < 1.29 is 14.3 Å². The fraction of sp³-hybridized carbons (Fsp3) is 0.435. The number of H-pyrrole nitrogens is 1. The fourth-order valence-electron chi connectivity index (χ4n) is 4.49. The first-order chi connectivity index (χ1) is 16.7. The number of hydrogen-bond donors (Lipinski definition) is 3. The van der Waals surface area contributed by atoms with Gasteiger partial charge in [0.15, 0.2) is 11.8 Å². The highest BCUT2D eigenvalue weighted by Gasteiger charge is 2.23. The number of anilines is 3. The number of nitrogens with one attached hydrogen (secondary N) is 2. The summed E-state index contributed by atoms with van der Waals surface area (Å²) in [5.41, 5.74) is 4.81. The van der Waals surface area contributed by atoms with Crippen molar-refractivity contribution in [1.82, 2.24) is 20.2 Å². The van der Waals surface area contributed by atoms with Crippen LogP contribution in [0.25, 0.3) is 21.7 Å². The Hall–Kier alpha value is -3.15. The van der Waals surface area contributed by atoms with Crippen molar-refractivity contribution in [3.8, 4) is 10.6 Å². The minimum atomic E-state index is -0.959. The van der Waals surface area contributed by atoms with Gasteiger partial charge in [-0.2, -0.15) is 10.1 Å². The maximum Gasteiger partial charge on any atom is 0.298 e. The van der Waals surface area contributed by atoms with Crippen LogP contribution in [0, 0.1) is 0 Å². The van der Waals surface area contributed by atoms with Gasteiger partial charge in [0.2, 0.25) is 0 Å². The lowest BCUT2D eigenvalue weighted by atomic mass is 10.1. The van der Waals surface area contributed by atoms with Crippen LogP contribution in [0.15, 0.2) is 34.3 Å². The van der Waals surface area contributed by atoms with Gasteiger partial charge < -0.3 is 29.4 Å². The van der Waals surface area contributed by atoms with Gasteiger partial charge in [-0.1, -0.05) is 0 Å². The van der Waals surface area contributed by atoms with Crippen LogP contribution < -0.4 is 15.1 Å². The van der Waals surface area contributed by atoms with E-state index in [9.17, 15) is 5.11 Å². The number of rotatable bonds is 6. The summed E-state index contributed by atoms with van der Waals surface area (Å²) in [5.74, 6) is 0. The molecule has 10 nitrogen and oxygen atoms in total. The van der Waals surface area contributed by atoms with Gasteiger partial charge in [-0.15, -0.1) is 11.3 Å². The normalized spacial score (nSPS) is 17.9. The zero-order chi connectivity index (χ0) is 22.9. The van der Waals surface area contributed by atoms with Gasteiger partial charge in [0, 0.05) is 49.4 Å². The molecule has 4 aromatic rings. The molecule has 0 aliphatic carbocycles. The van der Waals surface area contributed by atoms with Crippen LogP contribution in [0.1, 0.15) is 31.2 Å². The molecule has 2 saturated heterocycles. The zero-order valence-electron chi connectivity index (χ0n) is 18.7. The molecule has 2 aliphatic rings. The molecular weight excluding hydrogens is 454 g/mol. The number of nitrogens with zero attached hydrogens (tertiary/aromatic N) is 5. The first-order valence-electron chi connectivity index (χ1n) is 11.7. The molecule has 6 rings (SSSR count). The summed E-state index contributed by atoms with van der Waals surface area (Å²) in [6.07, 6.45) is 6.10. The summed E-state index contributed by atoms with van der Waals surface area (Å²) in [5, 5.41) is 23.7. The number of morpholine rings is 1. The number of aliphatic hydroxyl groups excluding tert-OH is 1. The van der Waals surface area contributed by atoms with Crippen molar-refractivity contribution in [3.05, 3.63) is 35.6 Å². The third kappa shape index (κ3) is 4.22. The summed E-state index contributed by atoms with van der Waals surface area (Å²) in [4.78, 5) is 13.8. The van der Waals surface area contributed by atoms with E-state index >= 15 is 0 Å². The van der Waals surface area contributed by atoms with E-state index in [0.717, 1.165) is 66.5 Å². The smallest absolute Gasteiger partial charge is 0.298 e. The fourth-order valence-corrected chi connectivity index (χ4v) is 5.31. The van der Waals surface area contributed by atoms with Crippen LogP contribution >= 0.6 is 11.3 Å². The van der Waals surface area contributed by atoms with Crippen molar-refractivity contribution in [2.45, 2.75) is 25.5 Å². The number of fused-ring (bicyclic) bond motifs is 1. The lowest BCUT2D eigenvalue weighted by Gasteiger charge is -2.31. The maximum absolute atomic E-state index is 11.0. The average Bonchev–Trinajstić information content (AvgIpc) is 3.65. The van der Waals surface area contributed by atoms with Crippen LogP contribution in [-0.2, 0) is 4.74 Å². The molecule has 2 fully saturated rings. The number of aliphatic hydroxyl groups is 1. The number of piperidine rings is 1. The van der Waals surface area contributed by atoms with Gasteiger partial charge in [-0.05, 0) is 25.3 Å². The van der Waals surface area contributed by atoms with Gasteiger partial charge in [0.05, 0.1) is 30.8 Å². The van der Waals surface area contributed by atoms with E-state index in [1.54, 1.807) is 12.4 Å². The van der Waals surface area contributed by atoms with Crippen molar-refractivity contribution in [3.63, 3.8) is 0 Å². The highest BCUT2D eigenvalue weighted by molar-refractivity contribution is 7.13. The largest absolute Gasteiger partial charge is 0.423 e. The van der Waals surface area contributed by atoms with E-state index in [0.29, 0.717) is 30.5 Å². The summed E-state index contributed by atoms with van der Waals surface area (Å²) >= 11 is 1.47. The molecule has 178 valence electrons. The second-order valence-corrected chi connectivity index (χ2v) is 9.45. The molecule has 0 radical (unpaired) electrons. The molecular formula is C23H27N7O3S. The number of oxazole rings is 1. The third-order valence-electron chi connectivity index (χ3n) is 6.31. The molecule has 1 unspecified atom stereocenters. The molecule has 2 aliphatic heterocycles. The Bertz CT molecular complexity index is 1240. The summed E-state index contributed by atoms with van der Waals surface area (Å²) in [7, 11) is 0. The predicted octanol–water partition coefficient (Wildman–Crippen LogP) is 3.60. The summed E-state index contributed by atoms with van der Waals surface area (Å²) in [6.45, 7) is 4.82. The van der Waals surface area contributed by atoms with E-state index in [1.807, 2.05) is 11.4 Å². The number of hydrogen-bond acceptors (Lipinski definition) is 10. The lowest BCUT2D eigenvalue weighted by molar-refractivity contribution is 0.120. The molecule has 1 aromatic carbocycles. The number of aromatic nitrogens is 4. The lowest BCUT2D eigenvalue weighted by Crippen LogP contribution is -2.36. The molecule has 1 atom stereocenters. The zero-order valence-corrected chi connectivity index (χ0v) is 19.6. The first kappa shape index (κ1) is 21.4. The van der Waals surface area contributed by atoms with E-state index in [1.165, 1.54) is 17.8 Å². The van der Waals surface area contributed by atoms with Crippen LogP contribution in [0.3, 0.4) is 0 Å².